The van der Waals surface area contributed by atoms with Gasteiger partial charge >= 0.3 is 0 Å². The highest BCUT2D eigenvalue weighted by atomic mass is 14.7. The number of rotatable bonds is 3. The highest BCUT2D eigenvalue weighted by Gasteiger charge is 2.34. The van der Waals surface area contributed by atoms with Crippen LogP contribution in [0.3, 0.4) is 0 Å². The lowest BCUT2D eigenvalue weighted by atomic mass is 9.65. The van der Waals surface area contributed by atoms with Crippen LogP contribution in [0, 0.1) is 17.8 Å². The Morgan fingerprint density at radius 3 is 2.40 bits per heavy atom. The van der Waals surface area contributed by atoms with Crippen LogP contribution < -0.4 is 5.73 Å². The van der Waals surface area contributed by atoms with Gasteiger partial charge < -0.3 is 5.73 Å². The van der Waals surface area contributed by atoms with Gasteiger partial charge in [-0.25, -0.2) is 0 Å². The molecule has 2 fully saturated rings. The minimum absolute atomic E-state index is 0.254. The maximum Gasteiger partial charge on any atom is 0.0323 e. The second-order valence-electron chi connectivity index (χ2n) is 7.00. The van der Waals surface area contributed by atoms with Crippen molar-refractivity contribution in [2.24, 2.45) is 23.5 Å². The molecule has 1 nitrogen and oxygen atoms in total. The van der Waals surface area contributed by atoms with E-state index in [4.69, 9.17) is 5.73 Å². The molecule has 0 amide bonds. The predicted octanol–water partition coefficient (Wildman–Crippen LogP) is 4.86. The van der Waals surface area contributed by atoms with Crippen LogP contribution >= 0.6 is 0 Å². The topological polar surface area (TPSA) is 26.0 Å². The number of hydrogen-bond acceptors (Lipinski definition) is 1. The van der Waals surface area contributed by atoms with Gasteiger partial charge in [-0.05, 0) is 54.6 Å². The molecular formula is C19H29N. The molecule has 20 heavy (non-hydrogen) atoms. The fourth-order valence-electron chi connectivity index (χ4n) is 4.48. The lowest BCUT2D eigenvalue weighted by molar-refractivity contribution is 0.117. The molecule has 4 atom stereocenters. The summed E-state index contributed by atoms with van der Waals surface area (Å²) in [5.74, 6) is 2.71. The first kappa shape index (κ1) is 14.1. The summed E-state index contributed by atoms with van der Waals surface area (Å²) in [5, 5.41) is 0. The number of nitrogens with two attached hydrogens (primary N) is 1. The summed E-state index contributed by atoms with van der Waals surface area (Å²) in [5.41, 5.74) is 9.35. The van der Waals surface area contributed by atoms with Crippen molar-refractivity contribution < 1.29 is 0 Å². The molecule has 0 spiro atoms. The maximum atomic E-state index is 6.58. The minimum Gasteiger partial charge on any atom is -0.324 e. The normalized spacial score (nSPS) is 31.6. The standard InChI is InChI=1S/C19H29N/c1-2-14-7-9-16(10-8-14)19(20)18-12-11-15-5-3-4-6-17(15)13-18/h7-10,15,17-19H,2-6,11-13,20H2,1H3. The van der Waals surface area contributed by atoms with E-state index in [0.29, 0.717) is 5.92 Å². The highest BCUT2D eigenvalue weighted by Crippen LogP contribution is 2.45. The zero-order valence-electron chi connectivity index (χ0n) is 12.9. The number of aryl methyl sites for hydroxylation is 1. The van der Waals surface area contributed by atoms with Crippen molar-refractivity contribution in [3.63, 3.8) is 0 Å². The molecule has 0 bridgehead atoms. The second-order valence-corrected chi connectivity index (χ2v) is 7.00. The van der Waals surface area contributed by atoms with Crippen molar-refractivity contribution in [2.45, 2.75) is 64.3 Å². The Morgan fingerprint density at radius 1 is 1.00 bits per heavy atom. The third-order valence-electron chi connectivity index (χ3n) is 5.86. The van der Waals surface area contributed by atoms with Crippen LogP contribution in [0.4, 0.5) is 0 Å². The summed E-state index contributed by atoms with van der Waals surface area (Å²) in [6.07, 6.45) is 11.1. The van der Waals surface area contributed by atoms with Gasteiger partial charge in [0.25, 0.3) is 0 Å². The molecule has 1 aromatic carbocycles. The fourth-order valence-corrected chi connectivity index (χ4v) is 4.48. The first-order valence-corrected chi connectivity index (χ1v) is 8.62. The van der Waals surface area contributed by atoms with E-state index in [1.54, 1.807) is 0 Å². The van der Waals surface area contributed by atoms with Gasteiger partial charge in [0.2, 0.25) is 0 Å². The molecular weight excluding hydrogens is 242 g/mol. The summed E-state index contributed by atoms with van der Waals surface area (Å²) in [7, 11) is 0. The average Bonchev–Trinajstić information content (AvgIpc) is 2.54. The Balaban J connectivity index is 1.65. The molecule has 0 heterocycles. The van der Waals surface area contributed by atoms with Crippen LogP contribution in [0.15, 0.2) is 24.3 Å². The smallest absolute Gasteiger partial charge is 0.0323 e. The summed E-state index contributed by atoms with van der Waals surface area (Å²) >= 11 is 0. The first-order chi connectivity index (χ1) is 9.78. The maximum absolute atomic E-state index is 6.58. The second kappa shape index (κ2) is 6.30. The molecule has 2 N–H and O–H groups in total. The molecule has 2 saturated carbocycles. The van der Waals surface area contributed by atoms with Gasteiger partial charge in [-0.1, -0.05) is 56.9 Å². The SMILES string of the molecule is CCc1ccc(C(N)C2CCC3CCCCC3C2)cc1. The van der Waals surface area contributed by atoms with Gasteiger partial charge in [-0.15, -0.1) is 0 Å². The van der Waals surface area contributed by atoms with Gasteiger partial charge in [0, 0.05) is 6.04 Å². The van der Waals surface area contributed by atoms with Crippen molar-refractivity contribution >= 4 is 0 Å². The Morgan fingerprint density at radius 2 is 1.70 bits per heavy atom. The molecule has 0 radical (unpaired) electrons. The van der Waals surface area contributed by atoms with Gasteiger partial charge in [0.15, 0.2) is 0 Å². The van der Waals surface area contributed by atoms with Crippen LogP contribution in [0.1, 0.15) is 69.0 Å². The van der Waals surface area contributed by atoms with Crippen LogP contribution in [-0.4, -0.2) is 0 Å². The molecule has 1 aromatic rings. The van der Waals surface area contributed by atoms with Gasteiger partial charge in [0.05, 0.1) is 0 Å². The van der Waals surface area contributed by atoms with Crippen molar-refractivity contribution in [3.8, 4) is 0 Å². The first-order valence-electron chi connectivity index (χ1n) is 8.62. The van der Waals surface area contributed by atoms with Crippen molar-refractivity contribution in [1.29, 1.82) is 0 Å². The summed E-state index contributed by atoms with van der Waals surface area (Å²) in [6.45, 7) is 2.21. The van der Waals surface area contributed by atoms with E-state index in [1.165, 1.54) is 56.1 Å². The van der Waals surface area contributed by atoms with Gasteiger partial charge in [0.1, 0.15) is 0 Å². The van der Waals surface area contributed by atoms with E-state index in [0.717, 1.165) is 18.3 Å². The largest absolute Gasteiger partial charge is 0.324 e. The monoisotopic (exact) mass is 271 g/mol. The third-order valence-corrected chi connectivity index (χ3v) is 5.86. The van der Waals surface area contributed by atoms with Gasteiger partial charge in [-0.2, -0.15) is 0 Å². The van der Waals surface area contributed by atoms with E-state index >= 15 is 0 Å². The van der Waals surface area contributed by atoms with Crippen molar-refractivity contribution in [3.05, 3.63) is 35.4 Å². The molecule has 4 unspecified atom stereocenters. The molecule has 0 aromatic heterocycles. The zero-order chi connectivity index (χ0) is 13.9. The van der Waals surface area contributed by atoms with E-state index in [1.807, 2.05) is 0 Å². The predicted molar refractivity (Wildman–Crippen MR) is 85.5 cm³/mol. The van der Waals surface area contributed by atoms with Crippen LogP contribution in [0.25, 0.3) is 0 Å². The third kappa shape index (κ3) is 2.93. The Kier molecular flexibility index (Phi) is 4.45. The Labute approximate surface area is 124 Å². The number of fused-ring (bicyclic) bond motifs is 1. The van der Waals surface area contributed by atoms with Crippen LogP contribution in [0.5, 0.6) is 0 Å². The molecule has 0 aliphatic heterocycles. The van der Waals surface area contributed by atoms with Crippen molar-refractivity contribution in [1.82, 2.24) is 0 Å². The van der Waals surface area contributed by atoms with E-state index in [2.05, 4.69) is 31.2 Å². The molecule has 110 valence electrons. The van der Waals surface area contributed by atoms with Crippen molar-refractivity contribution in [2.75, 3.05) is 0 Å². The Bertz CT molecular complexity index is 422. The van der Waals surface area contributed by atoms with E-state index in [-0.39, 0.29) is 6.04 Å². The number of benzene rings is 1. The molecule has 0 saturated heterocycles. The van der Waals surface area contributed by atoms with E-state index in [9.17, 15) is 0 Å². The lowest BCUT2D eigenvalue weighted by Gasteiger charge is -2.41. The van der Waals surface area contributed by atoms with Crippen LogP contribution in [-0.2, 0) is 6.42 Å². The zero-order valence-corrected chi connectivity index (χ0v) is 12.9. The lowest BCUT2D eigenvalue weighted by Crippen LogP contribution is -2.33. The van der Waals surface area contributed by atoms with Crippen LogP contribution in [0.2, 0.25) is 0 Å². The highest BCUT2D eigenvalue weighted by molar-refractivity contribution is 5.25. The molecule has 1 heteroatoms. The summed E-state index contributed by atoms with van der Waals surface area (Å²) in [4.78, 5) is 0. The Hall–Kier alpha value is -0.820. The van der Waals surface area contributed by atoms with E-state index < -0.39 is 0 Å². The summed E-state index contributed by atoms with van der Waals surface area (Å²) < 4.78 is 0. The van der Waals surface area contributed by atoms with Gasteiger partial charge in [-0.3, -0.25) is 0 Å². The quantitative estimate of drug-likeness (QED) is 0.835. The summed E-state index contributed by atoms with van der Waals surface area (Å²) in [6, 6.07) is 9.28. The molecule has 2 aliphatic carbocycles. The molecule has 2 aliphatic rings. The molecule has 3 rings (SSSR count). The fraction of sp³-hybridized carbons (Fsp3) is 0.684. The average molecular weight is 271 g/mol. The number of hydrogen-bond donors (Lipinski definition) is 1. The minimum atomic E-state index is 0.254.